The van der Waals surface area contributed by atoms with Crippen molar-refractivity contribution in [3.63, 3.8) is 0 Å². The van der Waals surface area contributed by atoms with Crippen LogP contribution in [0.15, 0.2) is 0 Å². The Morgan fingerprint density at radius 3 is 2.47 bits per heavy atom. The Labute approximate surface area is 109 Å². The lowest BCUT2D eigenvalue weighted by Crippen LogP contribution is -2.53. The van der Waals surface area contributed by atoms with Crippen LogP contribution in [-0.4, -0.2) is 28.4 Å². The molecule has 1 saturated heterocycles. The van der Waals surface area contributed by atoms with Gasteiger partial charge in [0.05, 0.1) is 10.4 Å². The molecular weight excluding hydrogens is 232 g/mol. The van der Waals surface area contributed by atoms with Crippen molar-refractivity contribution in [3.05, 3.63) is 0 Å². The molecular formula is C13H22N2OS. The van der Waals surface area contributed by atoms with Crippen LogP contribution in [0.3, 0.4) is 0 Å². The molecule has 96 valence electrons. The minimum Gasteiger partial charge on any atom is -0.392 e. The first kappa shape index (κ1) is 12.8. The van der Waals surface area contributed by atoms with Crippen LogP contribution < -0.4 is 5.73 Å². The average Bonchev–Trinajstić information content (AvgIpc) is 2.79. The maximum Gasteiger partial charge on any atom is 0.235 e. The topological polar surface area (TPSA) is 46.3 Å². The SMILES string of the molecule is CC1CCCCN1C(=O)C1(C(N)=S)CCCC1. The Morgan fingerprint density at radius 1 is 1.29 bits per heavy atom. The summed E-state index contributed by atoms with van der Waals surface area (Å²) in [5.74, 6) is 0.203. The number of likely N-dealkylation sites (tertiary alicyclic amines) is 1. The van der Waals surface area contributed by atoms with Crippen molar-refractivity contribution >= 4 is 23.1 Å². The van der Waals surface area contributed by atoms with Crippen LogP contribution in [0.4, 0.5) is 0 Å². The molecule has 1 saturated carbocycles. The lowest BCUT2D eigenvalue weighted by atomic mass is 9.83. The monoisotopic (exact) mass is 254 g/mol. The van der Waals surface area contributed by atoms with Gasteiger partial charge in [-0.25, -0.2) is 0 Å². The zero-order chi connectivity index (χ0) is 12.5. The van der Waals surface area contributed by atoms with Crippen molar-refractivity contribution in [2.24, 2.45) is 11.1 Å². The van der Waals surface area contributed by atoms with Gasteiger partial charge >= 0.3 is 0 Å². The Kier molecular flexibility index (Phi) is 3.71. The van der Waals surface area contributed by atoms with Crippen LogP contribution in [0, 0.1) is 5.41 Å². The molecule has 2 aliphatic rings. The van der Waals surface area contributed by atoms with Crippen molar-refractivity contribution in [2.75, 3.05) is 6.54 Å². The molecule has 1 aliphatic heterocycles. The number of thiocarbonyl (C=S) groups is 1. The van der Waals surface area contributed by atoms with E-state index in [4.69, 9.17) is 18.0 Å². The molecule has 1 unspecified atom stereocenters. The summed E-state index contributed by atoms with van der Waals surface area (Å²) in [6.07, 6.45) is 7.30. The standard InChI is InChI=1S/C13H22N2OS/c1-10-6-2-5-9-15(10)12(16)13(11(14)17)7-3-4-8-13/h10H,2-9H2,1H3,(H2,14,17). The number of nitrogens with two attached hydrogens (primary N) is 1. The highest BCUT2D eigenvalue weighted by Crippen LogP contribution is 2.41. The molecule has 0 spiro atoms. The minimum absolute atomic E-state index is 0.203. The summed E-state index contributed by atoms with van der Waals surface area (Å²) < 4.78 is 0. The van der Waals surface area contributed by atoms with Gasteiger partial charge < -0.3 is 10.6 Å². The molecule has 1 amide bonds. The third-order valence-electron chi connectivity index (χ3n) is 4.40. The summed E-state index contributed by atoms with van der Waals surface area (Å²) in [6, 6.07) is 0.350. The molecule has 1 aliphatic carbocycles. The van der Waals surface area contributed by atoms with E-state index < -0.39 is 5.41 Å². The van der Waals surface area contributed by atoms with Gasteiger partial charge in [0.15, 0.2) is 0 Å². The molecule has 0 aromatic rings. The second-order valence-corrected chi connectivity index (χ2v) is 5.94. The lowest BCUT2D eigenvalue weighted by molar-refractivity contribution is -0.141. The lowest BCUT2D eigenvalue weighted by Gasteiger charge is -2.39. The van der Waals surface area contributed by atoms with E-state index in [-0.39, 0.29) is 5.91 Å². The van der Waals surface area contributed by atoms with Gasteiger partial charge in [0.1, 0.15) is 0 Å². The molecule has 0 aromatic heterocycles. The average molecular weight is 254 g/mol. The van der Waals surface area contributed by atoms with Crippen LogP contribution in [0.25, 0.3) is 0 Å². The van der Waals surface area contributed by atoms with Gasteiger partial charge in [-0.3, -0.25) is 4.79 Å². The van der Waals surface area contributed by atoms with Crippen LogP contribution in [-0.2, 0) is 4.79 Å². The van der Waals surface area contributed by atoms with Crippen LogP contribution in [0.1, 0.15) is 51.9 Å². The first-order valence-corrected chi connectivity index (χ1v) is 7.10. The van der Waals surface area contributed by atoms with Gasteiger partial charge in [0.2, 0.25) is 5.91 Å². The maximum atomic E-state index is 12.7. The number of carbonyl (C=O) groups is 1. The molecule has 4 heteroatoms. The van der Waals surface area contributed by atoms with Gasteiger partial charge in [0.25, 0.3) is 0 Å². The third-order valence-corrected chi connectivity index (χ3v) is 4.79. The normalized spacial score (nSPS) is 28.1. The van der Waals surface area contributed by atoms with Crippen molar-refractivity contribution in [1.82, 2.24) is 4.90 Å². The Bertz CT molecular complexity index is 323. The summed E-state index contributed by atoms with van der Waals surface area (Å²) in [5.41, 5.74) is 5.36. The third kappa shape index (κ3) is 2.19. The summed E-state index contributed by atoms with van der Waals surface area (Å²) >= 11 is 5.18. The second-order valence-electron chi connectivity index (χ2n) is 5.50. The predicted molar refractivity (Wildman–Crippen MR) is 72.7 cm³/mol. The minimum atomic E-state index is -0.513. The van der Waals surface area contributed by atoms with E-state index in [1.165, 1.54) is 6.42 Å². The fraction of sp³-hybridized carbons (Fsp3) is 0.846. The van der Waals surface area contributed by atoms with E-state index in [1.807, 2.05) is 4.90 Å². The zero-order valence-corrected chi connectivity index (χ0v) is 11.4. The number of rotatable bonds is 2. The van der Waals surface area contributed by atoms with Crippen LogP contribution in [0.5, 0.6) is 0 Å². The fourth-order valence-corrected chi connectivity index (χ4v) is 3.51. The summed E-state index contributed by atoms with van der Waals surface area (Å²) in [4.78, 5) is 15.2. The molecule has 2 N–H and O–H groups in total. The second kappa shape index (κ2) is 4.92. The molecule has 3 nitrogen and oxygen atoms in total. The summed E-state index contributed by atoms with van der Waals surface area (Å²) in [5, 5.41) is 0. The quantitative estimate of drug-likeness (QED) is 0.769. The Morgan fingerprint density at radius 2 is 1.94 bits per heavy atom. The van der Waals surface area contributed by atoms with E-state index in [0.717, 1.165) is 45.1 Å². The summed E-state index contributed by atoms with van der Waals surface area (Å²) in [6.45, 7) is 3.02. The summed E-state index contributed by atoms with van der Waals surface area (Å²) in [7, 11) is 0. The van der Waals surface area contributed by atoms with Gasteiger partial charge in [-0.15, -0.1) is 0 Å². The molecule has 2 rings (SSSR count). The number of piperidine rings is 1. The molecule has 2 fully saturated rings. The van der Waals surface area contributed by atoms with Crippen molar-refractivity contribution in [2.45, 2.75) is 57.9 Å². The van der Waals surface area contributed by atoms with Gasteiger partial charge in [-0.05, 0) is 39.0 Å². The van der Waals surface area contributed by atoms with Crippen molar-refractivity contribution in [1.29, 1.82) is 0 Å². The van der Waals surface area contributed by atoms with Gasteiger partial charge in [0, 0.05) is 12.6 Å². The highest BCUT2D eigenvalue weighted by molar-refractivity contribution is 7.80. The molecule has 1 heterocycles. The van der Waals surface area contributed by atoms with Crippen molar-refractivity contribution < 1.29 is 4.79 Å². The number of hydrogen-bond donors (Lipinski definition) is 1. The van der Waals surface area contributed by atoms with E-state index in [9.17, 15) is 4.79 Å². The number of nitrogens with zero attached hydrogens (tertiary/aromatic N) is 1. The van der Waals surface area contributed by atoms with E-state index in [1.54, 1.807) is 0 Å². The fourth-order valence-electron chi connectivity index (χ4n) is 3.22. The first-order valence-electron chi connectivity index (χ1n) is 6.69. The molecule has 0 radical (unpaired) electrons. The highest BCUT2D eigenvalue weighted by atomic mass is 32.1. The highest BCUT2D eigenvalue weighted by Gasteiger charge is 2.47. The van der Waals surface area contributed by atoms with Crippen LogP contribution in [0.2, 0.25) is 0 Å². The predicted octanol–water partition coefficient (Wildman–Crippen LogP) is 2.23. The van der Waals surface area contributed by atoms with Gasteiger partial charge in [-0.2, -0.15) is 0 Å². The maximum absolute atomic E-state index is 12.7. The van der Waals surface area contributed by atoms with Crippen molar-refractivity contribution in [3.8, 4) is 0 Å². The number of carbonyl (C=O) groups excluding carboxylic acids is 1. The number of amides is 1. The largest absolute Gasteiger partial charge is 0.392 e. The molecule has 0 bridgehead atoms. The number of hydrogen-bond acceptors (Lipinski definition) is 2. The van der Waals surface area contributed by atoms with E-state index in [2.05, 4.69) is 6.92 Å². The molecule has 17 heavy (non-hydrogen) atoms. The van der Waals surface area contributed by atoms with Gasteiger partial charge in [-0.1, -0.05) is 25.1 Å². The smallest absolute Gasteiger partial charge is 0.235 e. The Balaban J connectivity index is 2.19. The van der Waals surface area contributed by atoms with E-state index >= 15 is 0 Å². The molecule has 1 atom stereocenters. The molecule has 0 aromatic carbocycles. The first-order chi connectivity index (χ1) is 8.08. The van der Waals surface area contributed by atoms with E-state index in [0.29, 0.717) is 11.0 Å². The zero-order valence-electron chi connectivity index (χ0n) is 10.6. The Hall–Kier alpha value is -0.640. The van der Waals surface area contributed by atoms with Crippen LogP contribution >= 0.6 is 12.2 Å².